The molecule has 0 aliphatic rings. The molecule has 1 aromatic heterocycles. The van der Waals surface area contributed by atoms with E-state index in [0.717, 1.165) is 5.56 Å². The number of nitrogens with two attached hydrogens (primary N) is 1. The summed E-state index contributed by atoms with van der Waals surface area (Å²) in [5.41, 5.74) is 1.62. The van der Waals surface area contributed by atoms with Crippen LogP contribution < -0.4 is 5.84 Å². The van der Waals surface area contributed by atoms with Crippen molar-refractivity contribution in [2.24, 2.45) is 0 Å². The van der Waals surface area contributed by atoms with Gasteiger partial charge in [0.2, 0.25) is 5.16 Å². The lowest BCUT2D eigenvalue weighted by Gasteiger charge is -2.11. The van der Waals surface area contributed by atoms with Crippen molar-refractivity contribution in [3.63, 3.8) is 0 Å². The Morgan fingerprint density at radius 2 is 1.83 bits per heavy atom. The molecular formula is C16H13Cl2FN4S. The van der Waals surface area contributed by atoms with Crippen LogP contribution in [0.4, 0.5) is 4.39 Å². The summed E-state index contributed by atoms with van der Waals surface area (Å²) in [6.45, 7) is 1.99. The number of aromatic nitrogens is 3. The van der Waals surface area contributed by atoms with E-state index in [0.29, 0.717) is 26.6 Å². The highest BCUT2D eigenvalue weighted by Crippen LogP contribution is 2.35. The molecule has 3 rings (SSSR count). The lowest BCUT2D eigenvalue weighted by Crippen LogP contribution is -2.12. The number of nitrogens with zero attached hydrogens (tertiary/aromatic N) is 3. The first-order valence-electron chi connectivity index (χ1n) is 7.03. The van der Waals surface area contributed by atoms with Crippen molar-refractivity contribution in [2.45, 2.75) is 17.3 Å². The Bertz CT molecular complexity index is 867. The molecule has 0 radical (unpaired) electrons. The highest BCUT2D eigenvalue weighted by atomic mass is 35.5. The Morgan fingerprint density at radius 3 is 2.50 bits per heavy atom. The van der Waals surface area contributed by atoms with Gasteiger partial charge in [0, 0.05) is 15.8 Å². The first-order chi connectivity index (χ1) is 11.5. The van der Waals surface area contributed by atoms with Gasteiger partial charge in [-0.15, -0.1) is 10.2 Å². The number of nitrogen functional groups attached to an aromatic ring is 1. The van der Waals surface area contributed by atoms with Gasteiger partial charge in [-0.25, -0.2) is 9.07 Å². The van der Waals surface area contributed by atoms with Crippen LogP contribution in [0.25, 0.3) is 11.4 Å². The van der Waals surface area contributed by atoms with Crippen LogP contribution in [-0.4, -0.2) is 14.9 Å². The average Bonchev–Trinajstić information content (AvgIpc) is 2.89. The van der Waals surface area contributed by atoms with Gasteiger partial charge < -0.3 is 5.84 Å². The quantitative estimate of drug-likeness (QED) is 0.511. The molecule has 0 aliphatic heterocycles. The largest absolute Gasteiger partial charge is 0.335 e. The first-order valence-corrected chi connectivity index (χ1v) is 8.67. The summed E-state index contributed by atoms with van der Waals surface area (Å²) >= 11 is 13.5. The minimum absolute atomic E-state index is 0.0330. The normalized spacial score (nSPS) is 12.3. The fourth-order valence-electron chi connectivity index (χ4n) is 2.17. The standard InChI is InChI=1S/C16H13Cl2FN4S/c1-9(10-2-5-12(19)6-3-10)24-16-22-21-15(23(16)20)13-7-4-11(17)8-14(13)18/h2-9H,20H2,1H3/t9-/m1/s1. The monoisotopic (exact) mass is 382 g/mol. The van der Waals surface area contributed by atoms with Crippen molar-refractivity contribution in [3.05, 3.63) is 63.9 Å². The van der Waals surface area contributed by atoms with Crippen LogP contribution in [0.15, 0.2) is 47.6 Å². The second kappa shape index (κ2) is 7.01. The van der Waals surface area contributed by atoms with E-state index in [-0.39, 0.29) is 11.1 Å². The Kier molecular flexibility index (Phi) is 4.99. The smallest absolute Gasteiger partial charge is 0.210 e. The van der Waals surface area contributed by atoms with Gasteiger partial charge in [0.15, 0.2) is 5.82 Å². The maximum Gasteiger partial charge on any atom is 0.210 e. The topological polar surface area (TPSA) is 56.7 Å². The molecular weight excluding hydrogens is 370 g/mol. The van der Waals surface area contributed by atoms with Crippen molar-refractivity contribution >= 4 is 35.0 Å². The van der Waals surface area contributed by atoms with E-state index in [1.165, 1.54) is 28.6 Å². The lowest BCUT2D eigenvalue weighted by molar-refractivity contribution is 0.627. The summed E-state index contributed by atoms with van der Waals surface area (Å²) in [7, 11) is 0. The molecule has 124 valence electrons. The average molecular weight is 383 g/mol. The number of thioether (sulfide) groups is 1. The summed E-state index contributed by atoms with van der Waals surface area (Å²) < 4.78 is 14.4. The maximum atomic E-state index is 13.0. The van der Waals surface area contributed by atoms with Gasteiger partial charge in [-0.3, -0.25) is 0 Å². The molecule has 0 amide bonds. The van der Waals surface area contributed by atoms with Crippen LogP contribution in [0.3, 0.4) is 0 Å². The number of hydrogen-bond donors (Lipinski definition) is 1. The molecule has 1 atom stereocenters. The van der Waals surface area contributed by atoms with E-state index in [4.69, 9.17) is 29.0 Å². The molecule has 0 bridgehead atoms. The Labute approximate surface area is 152 Å². The van der Waals surface area contributed by atoms with Gasteiger partial charge in [0.25, 0.3) is 0 Å². The van der Waals surface area contributed by atoms with E-state index in [1.54, 1.807) is 30.3 Å². The Morgan fingerprint density at radius 1 is 1.12 bits per heavy atom. The van der Waals surface area contributed by atoms with Crippen LogP contribution in [0, 0.1) is 5.82 Å². The van der Waals surface area contributed by atoms with Crippen molar-refractivity contribution in [1.29, 1.82) is 0 Å². The van der Waals surface area contributed by atoms with Crippen molar-refractivity contribution in [3.8, 4) is 11.4 Å². The molecule has 8 heteroatoms. The number of rotatable bonds is 4. The first kappa shape index (κ1) is 17.1. The SMILES string of the molecule is C[C@@H](Sc1nnc(-c2ccc(Cl)cc2Cl)n1N)c1ccc(F)cc1. The van der Waals surface area contributed by atoms with Gasteiger partial charge in [-0.05, 0) is 42.8 Å². The van der Waals surface area contributed by atoms with Crippen molar-refractivity contribution in [2.75, 3.05) is 5.84 Å². The van der Waals surface area contributed by atoms with E-state index in [1.807, 2.05) is 6.92 Å². The molecule has 24 heavy (non-hydrogen) atoms. The van der Waals surface area contributed by atoms with Crippen molar-refractivity contribution in [1.82, 2.24) is 14.9 Å². The summed E-state index contributed by atoms with van der Waals surface area (Å²) in [6, 6.07) is 11.4. The second-order valence-electron chi connectivity index (χ2n) is 5.11. The third-order valence-electron chi connectivity index (χ3n) is 3.46. The molecule has 0 spiro atoms. The van der Waals surface area contributed by atoms with Gasteiger partial charge in [0.1, 0.15) is 5.82 Å². The zero-order valence-corrected chi connectivity index (χ0v) is 14.9. The summed E-state index contributed by atoms with van der Waals surface area (Å²) in [5.74, 6) is 6.30. The van der Waals surface area contributed by atoms with Crippen LogP contribution in [0.5, 0.6) is 0 Å². The molecule has 0 unspecified atom stereocenters. The highest BCUT2D eigenvalue weighted by Gasteiger charge is 2.18. The zero-order valence-electron chi connectivity index (χ0n) is 12.6. The maximum absolute atomic E-state index is 13.0. The van der Waals surface area contributed by atoms with Gasteiger partial charge in [-0.2, -0.15) is 0 Å². The number of halogens is 3. The van der Waals surface area contributed by atoms with Crippen LogP contribution in [-0.2, 0) is 0 Å². The Hall–Kier alpha value is -1.76. The molecule has 3 aromatic rings. The minimum Gasteiger partial charge on any atom is -0.335 e. The predicted octanol–water partition coefficient (Wildman–Crippen LogP) is 4.96. The highest BCUT2D eigenvalue weighted by molar-refractivity contribution is 7.99. The van der Waals surface area contributed by atoms with Crippen LogP contribution in [0.1, 0.15) is 17.7 Å². The van der Waals surface area contributed by atoms with Crippen LogP contribution in [0.2, 0.25) is 10.0 Å². The Balaban J connectivity index is 1.86. The zero-order chi connectivity index (χ0) is 17.3. The summed E-state index contributed by atoms with van der Waals surface area (Å²) in [5, 5.41) is 9.79. The molecule has 0 fully saturated rings. The number of hydrogen-bond acceptors (Lipinski definition) is 4. The third-order valence-corrected chi connectivity index (χ3v) is 5.12. The van der Waals surface area contributed by atoms with E-state index >= 15 is 0 Å². The number of benzene rings is 2. The van der Waals surface area contributed by atoms with E-state index in [9.17, 15) is 4.39 Å². The predicted molar refractivity (Wildman–Crippen MR) is 96.3 cm³/mol. The second-order valence-corrected chi connectivity index (χ2v) is 7.26. The molecule has 0 saturated carbocycles. The van der Waals surface area contributed by atoms with Gasteiger partial charge in [-0.1, -0.05) is 47.1 Å². The van der Waals surface area contributed by atoms with E-state index in [2.05, 4.69) is 10.2 Å². The molecule has 1 heterocycles. The third kappa shape index (κ3) is 3.50. The molecule has 2 aromatic carbocycles. The van der Waals surface area contributed by atoms with E-state index < -0.39 is 0 Å². The molecule has 0 saturated heterocycles. The molecule has 0 aliphatic carbocycles. The fraction of sp³-hybridized carbons (Fsp3) is 0.125. The minimum atomic E-state index is -0.266. The van der Waals surface area contributed by atoms with Crippen molar-refractivity contribution < 1.29 is 4.39 Å². The van der Waals surface area contributed by atoms with Gasteiger partial charge in [0.05, 0.1) is 5.02 Å². The van der Waals surface area contributed by atoms with Crippen LogP contribution >= 0.6 is 35.0 Å². The summed E-state index contributed by atoms with van der Waals surface area (Å²) in [6.07, 6.45) is 0. The molecule has 4 nitrogen and oxygen atoms in total. The lowest BCUT2D eigenvalue weighted by atomic mass is 10.2. The van der Waals surface area contributed by atoms with Gasteiger partial charge >= 0.3 is 0 Å². The summed E-state index contributed by atoms with van der Waals surface area (Å²) in [4.78, 5) is 0. The molecule has 2 N–H and O–H groups in total. The fourth-order valence-corrected chi connectivity index (χ4v) is 3.56.